The smallest absolute Gasteiger partial charge is 0.184 e. The van der Waals surface area contributed by atoms with Crippen LogP contribution in [-0.2, 0) is 17.6 Å². The SMILES string of the molecule is c1ccc(CCC2=NC3c4ccccc4C[C@H]3O2)cc1. The Morgan fingerprint density at radius 1 is 0.950 bits per heavy atom. The number of benzene rings is 2. The van der Waals surface area contributed by atoms with Crippen LogP contribution in [0.4, 0.5) is 0 Å². The number of rotatable bonds is 3. The van der Waals surface area contributed by atoms with Crippen molar-refractivity contribution < 1.29 is 4.74 Å². The van der Waals surface area contributed by atoms with Crippen LogP contribution in [0.3, 0.4) is 0 Å². The maximum Gasteiger partial charge on any atom is 0.184 e. The second-order valence-electron chi connectivity index (χ2n) is 5.51. The zero-order valence-electron chi connectivity index (χ0n) is 11.3. The fourth-order valence-electron chi connectivity index (χ4n) is 3.18. The number of hydrogen-bond donors (Lipinski definition) is 0. The standard InChI is InChI=1S/C18H17NO/c1-2-6-13(7-3-1)10-11-17-19-18-15-9-5-4-8-14(15)12-16(18)20-17/h1-9,16,18H,10-12H2/t16-,18?/m1/s1. The third-order valence-corrected chi connectivity index (χ3v) is 4.19. The molecule has 1 heterocycles. The van der Waals surface area contributed by atoms with Crippen LogP contribution in [0, 0.1) is 0 Å². The monoisotopic (exact) mass is 263 g/mol. The molecule has 2 heteroatoms. The number of fused-ring (bicyclic) bond motifs is 3. The summed E-state index contributed by atoms with van der Waals surface area (Å²) in [6.45, 7) is 0. The maximum absolute atomic E-state index is 6.04. The summed E-state index contributed by atoms with van der Waals surface area (Å²) in [6, 6.07) is 19.3. The predicted octanol–water partition coefficient (Wildman–Crippen LogP) is 3.71. The Balaban J connectivity index is 1.48. The first kappa shape index (κ1) is 11.7. The van der Waals surface area contributed by atoms with E-state index in [-0.39, 0.29) is 12.1 Å². The fraction of sp³-hybridized carbons (Fsp3) is 0.278. The summed E-state index contributed by atoms with van der Waals surface area (Å²) >= 11 is 0. The Bertz CT molecular complexity index is 647. The van der Waals surface area contributed by atoms with Gasteiger partial charge in [-0.1, -0.05) is 54.6 Å². The molecule has 0 N–H and O–H groups in total. The Morgan fingerprint density at radius 3 is 2.65 bits per heavy atom. The highest BCUT2D eigenvalue weighted by atomic mass is 16.5. The minimum absolute atomic E-state index is 0.233. The predicted molar refractivity (Wildman–Crippen MR) is 80.0 cm³/mol. The molecule has 1 aliphatic carbocycles. The van der Waals surface area contributed by atoms with Crippen molar-refractivity contribution >= 4 is 5.90 Å². The molecule has 0 fully saturated rings. The molecule has 2 aromatic carbocycles. The third-order valence-electron chi connectivity index (χ3n) is 4.19. The Morgan fingerprint density at radius 2 is 1.75 bits per heavy atom. The lowest BCUT2D eigenvalue weighted by Crippen LogP contribution is -2.13. The minimum Gasteiger partial charge on any atom is -0.475 e. The van der Waals surface area contributed by atoms with Gasteiger partial charge in [-0.3, -0.25) is 0 Å². The van der Waals surface area contributed by atoms with Gasteiger partial charge in [-0.25, -0.2) is 4.99 Å². The van der Waals surface area contributed by atoms with Gasteiger partial charge in [-0.2, -0.15) is 0 Å². The van der Waals surface area contributed by atoms with Gasteiger partial charge in [-0.15, -0.1) is 0 Å². The molecule has 0 radical (unpaired) electrons. The van der Waals surface area contributed by atoms with Gasteiger partial charge in [0.2, 0.25) is 0 Å². The molecule has 2 aromatic rings. The van der Waals surface area contributed by atoms with Crippen molar-refractivity contribution in [3.63, 3.8) is 0 Å². The summed E-state index contributed by atoms with van der Waals surface area (Å²) in [6.07, 6.45) is 3.14. The van der Waals surface area contributed by atoms with Gasteiger partial charge in [0.15, 0.2) is 5.90 Å². The van der Waals surface area contributed by atoms with Crippen LogP contribution in [0.25, 0.3) is 0 Å². The summed E-state index contributed by atoms with van der Waals surface area (Å²) in [5.41, 5.74) is 4.09. The molecule has 100 valence electrons. The van der Waals surface area contributed by atoms with Gasteiger partial charge in [0, 0.05) is 12.8 Å². The van der Waals surface area contributed by atoms with E-state index in [4.69, 9.17) is 9.73 Å². The third kappa shape index (κ3) is 2.01. The number of ether oxygens (including phenoxy) is 1. The Hall–Kier alpha value is -2.09. The lowest BCUT2D eigenvalue weighted by molar-refractivity contribution is 0.201. The zero-order valence-corrected chi connectivity index (χ0v) is 11.3. The molecule has 4 rings (SSSR count). The molecule has 1 aliphatic heterocycles. The molecule has 0 amide bonds. The van der Waals surface area contributed by atoms with Crippen LogP contribution >= 0.6 is 0 Å². The topological polar surface area (TPSA) is 21.6 Å². The molecule has 2 nitrogen and oxygen atoms in total. The van der Waals surface area contributed by atoms with Crippen molar-refractivity contribution in [1.82, 2.24) is 0 Å². The van der Waals surface area contributed by atoms with Crippen LogP contribution in [0.2, 0.25) is 0 Å². The van der Waals surface area contributed by atoms with Crippen molar-refractivity contribution in [2.45, 2.75) is 31.4 Å². The van der Waals surface area contributed by atoms with Crippen molar-refractivity contribution in [1.29, 1.82) is 0 Å². The zero-order chi connectivity index (χ0) is 13.4. The number of aryl methyl sites for hydroxylation is 1. The van der Waals surface area contributed by atoms with Crippen LogP contribution in [0.5, 0.6) is 0 Å². The molecule has 2 atom stereocenters. The molecule has 2 aliphatic rings. The fourth-order valence-corrected chi connectivity index (χ4v) is 3.18. The molecule has 0 spiro atoms. The first-order valence-electron chi connectivity index (χ1n) is 7.25. The van der Waals surface area contributed by atoms with E-state index in [1.165, 1.54) is 16.7 Å². The molecule has 20 heavy (non-hydrogen) atoms. The van der Waals surface area contributed by atoms with Gasteiger partial charge < -0.3 is 4.74 Å². The van der Waals surface area contributed by atoms with E-state index >= 15 is 0 Å². The summed E-state index contributed by atoms with van der Waals surface area (Å²) in [4.78, 5) is 4.80. The summed E-state index contributed by atoms with van der Waals surface area (Å²) in [7, 11) is 0. The van der Waals surface area contributed by atoms with Crippen molar-refractivity contribution in [3.05, 3.63) is 71.3 Å². The molecule has 0 bridgehead atoms. The maximum atomic E-state index is 6.04. The Kier molecular flexibility index (Phi) is 2.80. The molecule has 1 unspecified atom stereocenters. The first-order chi connectivity index (χ1) is 9.90. The second kappa shape index (κ2) is 4.78. The first-order valence-corrected chi connectivity index (χ1v) is 7.25. The van der Waals surface area contributed by atoms with E-state index in [9.17, 15) is 0 Å². The highest BCUT2D eigenvalue weighted by Crippen LogP contribution is 2.40. The van der Waals surface area contributed by atoms with E-state index in [1.807, 2.05) is 0 Å². The van der Waals surface area contributed by atoms with Crippen LogP contribution in [0.1, 0.15) is 29.2 Å². The van der Waals surface area contributed by atoms with Gasteiger partial charge in [0.25, 0.3) is 0 Å². The second-order valence-corrected chi connectivity index (χ2v) is 5.51. The average molecular weight is 263 g/mol. The Labute approximate surface area is 119 Å². The normalized spacial score (nSPS) is 22.9. The quantitative estimate of drug-likeness (QED) is 0.827. The number of aliphatic imine (C=N–C) groups is 1. The van der Waals surface area contributed by atoms with Crippen LogP contribution in [-0.4, -0.2) is 12.0 Å². The summed E-state index contributed by atoms with van der Waals surface area (Å²) in [5, 5.41) is 0. The van der Waals surface area contributed by atoms with E-state index < -0.39 is 0 Å². The average Bonchev–Trinajstić information content (AvgIpc) is 3.03. The van der Waals surface area contributed by atoms with E-state index in [0.717, 1.165) is 25.2 Å². The largest absolute Gasteiger partial charge is 0.475 e. The molecule has 0 saturated heterocycles. The van der Waals surface area contributed by atoms with Crippen molar-refractivity contribution in [2.75, 3.05) is 0 Å². The minimum atomic E-state index is 0.233. The molecular weight excluding hydrogens is 246 g/mol. The van der Waals surface area contributed by atoms with Gasteiger partial charge in [0.05, 0.1) is 0 Å². The van der Waals surface area contributed by atoms with Gasteiger partial charge in [0.1, 0.15) is 12.1 Å². The summed E-state index contributed by atoms with van der Waals surface area (Å²) in [5.74, 6) is 0.929. The van der Waals surface area contributed by atoms with E-state index in [1.54, 1.807) is 0 Å². The van der Waals surface area contributed by atoms with E-state index in [2.05, 4.69) is 54.6 Å². The van der Waals surface area contributed by atoms with Crippen molar-refractivity contribution in [2.24, 2.45) is 4.99 Å². The highest BCUT2D eigenvalue weighted by molar-refractivity contribution is 5.79. The lowest BCUT2D eigenvalue weighted by atomic mass is 10.1. The lowest BCUT2D eigenvalue weighted by Gasteiger charge is -2.08. The van der Waals surface area contributed by atoms with Crippen LogP contribution < -0.4 is 0 Å². The van der Waals surface area contributed by atoms with Crippen molar-refractivity contribution in [3.8, 4) is 0 Å². The molecule has 0 aromatic heterocycles. The number of hydrogen-bond acceptors (Lipinski definition) is 2. The van der Waals surface area contributed by atoms with Gasteiger partial charge >= 0.3 is 0 Å². The molecule has 0 saturated carbocycles. The van der Waals surface area contributed by atoms with Crippen LogP contribution in [0.15, 0.2) is 59.6 Å². The van der Waals surface area contributed by atoms with E-state index in [0.29, 0.717) is 0 Å². The highest BCUT2D eigenvalue weighted by Gasteiger charge is 2.38. The number of nitrogens with zero attached hydrogens (tertiary/aromatic N) is 1. The molecular formula is C18H17NO. The summed E-state index contributed by atoms with van der Waals surface area (Å²) < 4.78 is 6.04. The van der Waals surface area contributed by atoms with Gasteiger partial charge in [-0.05, 0) is 23.1 Å².